The number of hydrogen-bond donors (Lipinski definition) is 4. The summed E-state index contributed by atoms with van der Waals surface area (Å²) >= 11 is 0. The second-order valence-corrected chi connectivity index (χ2v) is 8.61. The maximum atomic E-state index is 12.5. The van der Waals surface area contributed by atoms with Gasteiger partial charge in [-0.3, -0.25) is 19.3 Å². The van der Waals surface area contributed by atoms with Crippen molar-refractivity contribution in [3.05, 3.63) is 68.5 Å². The van der Waals surface area contributed by atoms with Crippen molar-refractivity contribution in [3.63, 3.8) is 0 Å². The van der Waals surface area contributed by atoms with E-state index in [0.717, 1.165) is 51.3 Å². The number of aliphatic hydroxyl groups excluding tert-OH is 1. The van der Waals surface area contributed by atoms with Gasteiger partial charge in [-0.25, -0.2) is 28.1 Å². The second kappa shape index (κ2) is 31.8. The number of alkyl halides is 2. The molecular formula is C28H43BF2N4NaO10. The normalized spacial score (nSPS) is 12.5. The van der Waals surface area contributed by atoms with Crippen LogP contribution in [0.15, 0.2) is 46.2 Å². The number of aliphatic hydroxyl groups is 1. The zero-order chi connectivity index (χ0) is 33.9. The van der Waals surface area contributed by atoms with Crippen LogP contribution in [-0.2, 0) is 46.4 Å². The summed E-state index contributed by atoms with van der Waals surface area (Å²) in [5, 5.41) is 9.79. The molecule has 0 saturated carbocycles. The van der Waals surface area contributed by atoms with E-state index in [1.165, 1.54) is 25.3 Å². The molecule has 2 saturated heterocycles. The number of aromatic nitrogens is 2. The molecule has 0 amide bonds. The van der Waals surface area contributed by atoms with E-state index in [1.54, 1.807) is 12.3 Å². The van der Waals surface area contributed by atoms with Crippen LogP contribution in [-0.4, -0.2) is 104 Å². The van der Waals surface area contributed by atoms with Crippen LogP contribution >= 0.6 is 0 Å². The summed E-state index contributed by atoms with van der Waals surface area (Å²) in [6, 6.07) is 6.36. The van der Waals surface area contributed by atoms with E-state index in [1.807, 2.05) is 6.07 Å². The molecule has 0 aliphatic carbocycles. The molecule has 0 aromatic carbocycles. The molecule has 4 rings (SSSR count). The summed E-state index contributed by atoms with van der Waals surface area (Å²) in [4.78, 5) is 75.2. The van der Waals surface area contributed by atoms with Gasteiger partial charge in [-0.2, -0.15) is 0 Å². The van der Waals surface area contributed by atoms with Crippen LogP contribution in [0.2, 0.25) is 0 Å². The van der Waals surface area contributed by atoms with Crippen molar-refractivity contribution in [1.82, 2.24) is 20.2 Å². The third kappa shape index (κ3) is 30.8. The van der Waals surface area contributed by atoms with Crippen LogP contribution < -0.4 is 46.0 Å². The van der Waals surface area contributed by atoms with Gasteiger partial charge in [0.15, 0.2) is 0 Å². The number of nitrogens with one attached hydrogen (secondary N) is 3. The summed E-state index contributed by atoms with van der Waals surface area (Å²) in [7, 11) is 5.32. The van der Waals surface area contributed by atoms with Gasteiger partial charge in [0.05, 0.1) is 0 Å². The first-order valence-electron chi connectivity index (χ1n) is 13.0. The summed E-state index contributed by atoms with van der Waals surface area (Å²) in [6.45, 7) is 6.64. The molecule has 14 nitrogen and oxygen atoms in total. The van der Waals surface area contributed by atoms with Gasteiger partial charge in [-0.15, -0.1) is 0 Å². The molecular weight excluding hydrogens is 624 g/mol. The molecule has 0 unspecified atom stereocenters. The van der Waals surface area contributed by atoms with Crippen molar-refractivity contribution in [3.8, 4) is 0 Å². The monoisotopic (exact) mass is 667 g/mol. The predicted molar refractivity (Wildman–Crippen MR) is 163 cm³/mol. The van der Waals surface area contributed by atoms with Gasteiger partial charge in [0.1, 0.15) is 18.6 Å². The van der Waals surface area contributed by atoms with Gasteiger partial charge in [0.2, 0.25) is 17.1 Å². The van der Waals surface area contributed by atoms with E-state index in [4.69, 9.17) is 5.11 Å². The number of hydrogen-bond acceptors (Lipinski definition) is 12. The smallest absolute Gasteiger partial charge is 0.793 e. The van der Waals surface area contributed by atoms with E-state index >= 15 is 0 Å². The minimum Gasteiger partial charge on any atom is -0.793 e. The Morgan fingerprint density at radius 3 is 1.57 bits per heavy atom. The van der Waals surface area contributed by atoms with Crippen molar-refractivity contribution in [2.75, 3.05) is 39.8 Å². The maximum Gasteiger partial charge on any atom is 1.00 e. The fourth-order valence-electron chi connectivity index (χ4n) is 2.61. The number of likely N-dealkylation sites (tertiary alicyclic amines) is 1. The number of carbonyl (C=O) groups excluding carboxylic acids is 4. The number of aldehydes is 1. The minimum absolute atomic E-state index is 0. The molecule has 4 N–H and O–H groups in total. The molecule has 3 radical (unpaired) electrons. The van der Waals surface area contributed by atoms with Crippen LogP contribution in [0.3, 0.4) is 0 Å². The predicted octanol–water partition coefficient (Wildman–Crippen LogP) is -2.48. The Morgan fingerprint density at radius 1 is 0.891 bits per heavy atom. The van der Waals surface area contributed by atoms with E-state index in [9.17, 15) is 37.5 Å². The van der Waals surface area contributed by atoms with E-state index in [0.29, 0.717) is 32.6 Å². The average Bonchev–Trinajstić information content (AvgIpc) is 2.97. The van der Waals surface area contributed by atoms with Gasteiger partial charge in [0.25, 0.3) is 0 Å². The van der Waals surface area contributed by atoms with Crippen molar-refractivity contribution in [2.45, 2.75) is 53.4 Å². The van der Waals surface area contributed by atoms with Crippen LogP contribution in [0.1, 0.15) is 39.3 Å². The van der Waals surface area contributed by atoms with Gasteiger partial charge in [-0.1, -0.05) is 19.6 Å². The number of pyridine rings is 2. The van der Waals surface area contributed by atoms with E-state index in [-0.39, 0.29) is 48.1 Å². The Balaban J connectivity index is -0.000000246. The number of aromatic amines is 2. The third-order valence-electron chi connectivity index (χ3n) is 4.82. The Hall–Kier alpha value is -3.22. The van der Waals surface area contributed by atoms with Crippen molar-refractivity contribution in [2.24, 2.45) is 0 Å². The molecule has 2 fully saturated rings. The summed E-state index contributed by atoms with van der Waals surface area (Å²) in [5.74, 6) is -1.74. The zero-order valence-corrected chi connectivity index (χ0v) is 28.0. The topological polar surface area (TPSA) is 197 Å². The summed E-state index contributed by atoms with van der Waals surface area (Å²) < 4.78 is 27.5. The largest absolute Gasteiger partial charge is 1.00 e. The number of carbonyl (C=O) groups is 4. The fraction of sp³-hybridized carbons (Fsp3) is 0.500. The molecule has 0 atom stereocenters. The number of halogens is 2. The van der Waals surface area contributed by atoms with Crippen LogP contribution in [0.5, 0.6) is 0 Å². The zero-order valence-electron chi connectivity index (χ0n) is 26.0. The minimum atomic E-state index is -0.639. The number of H-pyrrole nitrogens is 2. The first kappa shape index (κ1) is 49.7. The summed E-state index contributed by atoms with van der Waals surface area (Å²) in [5.41, 5.74) is 1.69. The molecule has 2 aliphatic rings. The van der Waals surface area contributed by atoms with Gasteiger partial charge >= 0.3 is 41.5 Å². The Labute approximate surface area is 290 Å². The quantitative estimate of drug-likeness (QED) is 0.114. The average molecular weight is 667 g/mol. The van der Waals surface area contributed by atoms with E-state index < -0.39 is 30.3 Å². The van der Waals surface area contributed by atoms with Gasteiger partial charge in [0, 0.05) is 91.6 Å². The molecule has 2 aromatic rings. The van der Waals surface area contributed by atoms with Crippen LogP contribution in [0.4, 0.5) is 8.78 Å². The Morgan fingerprint density at radius 2 is 1.30 bits per heavy atom. The number of nitrogens with zero attached hydrogens (tertiary/aromatic N) is 1. The molecule has 253 valence electrons. The molecule has 2 aromatic heterocycles. The Bertz CT molecular complexity index is 1160. The fourth-order valence-corrected chi connectivity index (χ4v) is 2.61. The van der Waals surface area contributed by atoms with Crippen LogP contribution in [0.25, 0.3) is 0 Å². The SMILES string of the molecule is C.CC(=O)OOC(C)=O.CO.FC1CNC1.O=CCc1ccc(=O)[nH]c1.O=c1ccc(CCN2CC(F)C2)c[nH]1.[B-]OC(C)=O.[Na+]. The molecule has 2 aliphatic heterocycles. The second-order valence-electron chi connectivity index (χ2n) is 8.61. The molecule has 0 spiro atoms. The van der Waals surface area contributed by atoms with Crippen molar-refractivity contribution in [1.29, 1.82) is 0 Å². The molecule has 46 heavy (non-hydrogen) atoms. The van der Waals surface area contributed by atoms with E-state index in [2.05, 4.69) is 42.7 Å². The first-order chi connectivity index (χ1) is 20.9. The van der Waals surface area contributed by atoms with Gasteiger partial charge in [-0.05, 0) is 17.5 Å². The third-order valence-corrected chi connectivity index (χ3v) is 4.82. The molecule has 0 bridgehead atoms. The molecule has 18 heteroatoms. The molecule has 4 heterocycles. The van der Waals surface area contributed by atoms with Crippen molar-refractivity contribution >= 4 is 32.2 Å². The van der Waals surface area contributed by atoms with Crippen LogP contribution in [0, 0.1) is 0 Å². The first-order valence-corrected chi connectivity index (χ1v) is 13.0. The van der Waals surface area contributed by atoms with Crippen molar-refractivity contribution < 1.29 is 77.1 Å². The Kier molecular flexibility index (Phi) is 34.3. The number of rotatable bonds is 5. The van der Waals surface area contributed by atoms with Gasteiger partial charge < -0.3 is 37.9 Å². The maximum absolute atomic E-state index is 12.5. The standard InChI is InChI=1S/C10H13FN2O.C7H7NO2.C4H6O4.C3H6FN.C2H3BO2.CH4O.CH4.Na/c11-9-6-13(7-9)4-3-8-1-2-10(14)12-5-8;9-4-3-6-1-2-7(10)8-5-6;1-3(5)7-8-4(2)6;4-3-1-5-2-3;1-2(4)5-3;1-2;;/h1-2,5,9H,3-4,6-7H2,(H,12,14);1-2,4-5H,3H2,(H,8,10);1-2H3;3,5H,1-2H2;1H3;2H,1H3;1H4;/q;;;;-1;;;+1. The summed E-state index contributed by atoms with van der Waals surface area (Å²) in [6.07, 6.45) is 4.10.